The van der Waals surface area contributed by atoms with Gasteiger partial charge in [-0.3, -0.25) is 9.59 Å². The highest BCUT2D eigenvalue weighted by molar-refractivity contribution is 7.99. The van der Waals surface area contributed by atoms with E-state index in [-0.39, 0.29) is 23.1 Å². The van der Waals surface area contributed by atoms with Crippen LogP contribution in [0.4, 0.5) is 0 Å². The van der Waals surface area contributed by atoms with Gasteiger partial charge in [-0.15, -0.1) is 0 Å². The number of carbonyl (C=O) groups is 2. The van der Waals surface area contributed by atoms with E-state index in [2.05, 4.69) is 10.6 Å². The standard InChI is InChI=1S/C29H55N3O2S/c1-25(32-26-16-12-9-7-5-3-2-4-6-8-10-13-17-26)27(33)23-35-21-20-31-28(34)22-29(24-30)18-14-11-15-19-29/h25-26,32H,2-24,30H2,1H3,(H,31,34). The molecule has 0 bridgehead atoms. The molecule has 2 aliphatic carbocycles. The van der Waals surface area contributed by atoms with Crippen molar-refractivity contribution in [3.8, 4) is 0 Å². The second-order valence-electron chi connectivity index (χ2n) is 11.4. The number of thioether (sulfide) groups is 1. The predicted octanol–water partition coefficient (Wildman–Crippen LogP) is 6.14. The number of hydrogen-bond acceptors (Lipinski definition) is 5. The molecule has 0 heterocycles. The molecular weight excluding hydrogens is 454 g/mol. The molecule has 5 nitrogen and oxygen atoms in total. The van der Waals surface area contributed by atoms with Gasteiger partial charge in [0.25, 0.3) is 0 Å². The molecule has 1 unspecified atom stereocenters. The number of amides is 1. The van der Waals surface area contributed by atoms with Crippen molar-refractivity contribution in [3.63, 3.8) is 0 Å². The van der Waals surface area contributed by atoms with Crippen molar-refractivity contribution in [2.75, 3.05) is 24.6 Å². The van der Waals surface area contributed by atoms with Gasteiger partial charge in [0, 0.05) is 24.8 Å². The summed E-state index contributed by atoms with van der Waals surface area (Å²) in [4.78, 5) is 25.2. The van der Waals surface area contributed by atoms with Crippen LogP contribution in [0.1, 0.15) is 129 Å². The molecule has 2 rings (SSSR count). The van der Waals surface area contributed by atoms with E-state index >= 15 is 0 Å². The molecule has 6 heteroatoms. The van der Waals surface area contributed by atoms with E-state index in [1.807, 2.05) is 6.92 Å². The Morgan fingerprint density at radius 3 is 1.91 bits per heavy atom. The van der Waals surface area contributed by atoms with E-state index < -0.39 is 0 Å². The van der Waals surface area contributed by atoms with Gasteiger partial charge >= 0.3 is 0 Å². The second kappa shape index (κ2) is 18.6. The SMILES string of the molecule is CC(NC1CCCCCCCCCCCCC1)C(=O)CSCCNC(=O)CC1(CN)CCCCC1. The molecule has 0 aromatic carbocycles. The third-order valence-corrected chi connectivity index (χ3v) is 9.25. The van der Waals surface area contributed by atoms with E-state index in [0.717, 1.165) is 18.6 Å². The fraction of sp³-hybridized carbons (Fsp3) is 0.931. The van der Waals surface area contributed by atoms with Gasteiger partial charge in [-0.05, 0) is 44.6 Å². The third kappa shape index (κ3) is 13.5. The first-order valence-electron chi connectivity index (χ1n) is 14.9. The van der Waals surface area contributed by atoms with Gasteiger partial charge in [-0.2, -0.15) is 11.8 Å². The molecule has 0 aromatic rings. The van der Waals surface area contributed by atoms with Crippen LogP contribution >= 0.6 is 11.8 Å². The molecule has 2 fully saturated rings. The number of nitrogens with one attached hydrogen (secondary N) is 2. The zero-order valence-electron chi connectivity index (χ0n) is 22.7. The summed E-state index contributed by atoms with van der Waals surface area (Å²) < 4.78 is 0. The van der Waals surface area contributed by atoms with Gasteiger partial charge in [0.05, 0.1) is 11.8 Å². The topological polar surface area (TPSA) is 84.2 Å². The zero-order chi connectivity index (χ0) is 25.2. The lowest BCUT2D eigenvalue weighted by atomic mass is 9.72. The maximum atomic E-state index is 12.7. The van der Waals surface area contributed by atoms with Gasteiger partial charge in [0.15, 0.2) is 5.78 Å². The van der Waals surface area contributed by atoms with Gasteiger partial charge < -0.3 is 16.4 Å². The highest BCUT2D eigenvalue weighted by Crippen LogP contribution is 2.38. The fourth-order valence-corrected chi connectivity index (χ4v) is 6.69. The van der Waals surface area contributed by atoms with E-state index in [1.54, 1.807) is 11.8 Å². The minimum absolute atomic E-state index is 0.0125. The Balaban J connectivity index is 1.61. The van der Waals surface area contributed by atoms with Gasteiger partial charge in [-0.25, -0.2) is 0 Å². The van der Waals surface area contributed by atoms with Gasteiger partial charge in [0.2, 0.25) is 5.91 Å². The van der Waals surface area contributed by atoms with Crippen LogP contribution in [-0.4, -0.2) is 48.4 Å². The summed E-state index contributed by atoms with van der Waals surface area (Å²) in [7, 11) is 0. The number of rotatable bonds is 11. The summed E-state index contributed by atoms with van der Waals surface area (Å²) in [6.07, 6.45) is 23.7. The molecule has 0 aliphatic heterocycles. The van der Waals surface area contributed by atoms with Crippen LogP contribution in [0.25, 0.3) is 0 Å². The Labute approximate surface area is 220 Å². The van der Waals surface area contributed by atoms with Crippen LogP contribution in [0.3, 0.4) is 0 Å². The second-order valence-corrected chi connectivity index (χ2v) is 12.5. The Hall–Kier alpha value is -0.590. The van der Waals surface area contributed by atoms with E-state index in [4.69, 9.17) is 5.73 Å². The Bertz CT molecular complexity index is 566. The first-order valence-corrected chi connectivity index (χ1v) is 16.0. The van der Waals surface area contributed by atoms with Crippen LogP contribution in [0.2, 0.25) is 0 Å². The van der Waals surface area contributed by atoms with Crippen molar-refractivity contribution in [2.45, 2.75) is 141 Å². The first kappa shape index (κ1) is 30.6. The Kier molecular flexibility index (Phi) is 16.3. The Morgan fingerprint density at radius 1 is 0.857 bits per heavy atom. The lowest BCUT2D eigenvalue weighted by molar-refractivity contribution is -0.123. The lowest BCUT2D eigenvalue weighted by Crippen LogP contribution is -2.42. The van der Waals surface area contributed by atoms with Crippen molar-refractivity contribution >= 4 is 23.5 Å². The van der Waals surface area contributed by atoms with E-state index in [0.29, 0.717) is 31.3 Å². The Morgan fingerprint density at radius 2 is 1.37 bits per heavy atom. The quantitative estimate of drug-likeness (QED) is 0.292. The van der Waals surface area contributed by atoms with Crippen LogP contribution in [0.5, 0.6) is 0 Å². The van der Waals surface area contributed by atoms with Crippen LogP contribution in [0, 0.1) is 5.41 Å². The van der Waals surface area contributed by atoms with E-state index in [9.17, 15) is 9.59 Å². The van der Waals surface area contributed by atoms with Crippen molar-refractivity contribution in [1.82, 2.24) is 10.6 Å². The molecule has 35 heavy (non-hydrogen) atoms. The summed E-state index contributed by atoms with van der Waals surface area (Å²) >= 11 is 1.64. The molecule has 0 saturated heterocycles. The summed E-state index contributed by atoms with van der Waals surface area (Å²) in [5.41, 5.74) is 6.03. The van der Waals surface area contributed by atoms with E-state index in [1.165, 1.54) is 103 Å². The van der Waals surface area contributed by atoms with Crippen LogP contribution < -0.4 is 16.4 Å². The highest BCUT2D eigenvalue weighted by atomic mass is 32.2. The summed E-state index contributed by atoms with van der Waals surface area (Å²) in [5.74, 6) is 1.70. The molecule has 0 aromatic heterocycles. The number of ketones is 1. The lowest BCUT2D eigenvalue weighted by Gasteiger charge is -2.35. The van der Waals surface area contributed by atoms with Crippen molar-refractivity contribution in [2.24, 2.45) is 11.1 Å². The molecule has 2 saturated carbocycles. The minimum atomic E-state index is -0.0864. The first-order chi connectivity index (χ1) is 17.0. The molecule has 1 amide bonds. The number of Topliss-reactive ketones (excluding diaryl/α,β-unsaturated/α-hetero) is 1. The summed E-state index contributed by atoms with van der Waals surface area (Å²) in [5, 5.41) is 6.73. The molecule has 1 atom stereocenters. The van der Waals surface area contributed by atoms with Crippen molar-refractivity contribution < 1.29 is 9.59 Å². The molecule has 204 valence electrons. The maximum Gasteiger partial charge on any atom is 0.220 e. The van der Waals surface area contributed by atoms with Crippen molar-refractivity contribution in [1.29, 1.82) is 0 Å². The summed E-state index contributed by atoms with van der Waals surface area (Å²) in [6, 6.07) is 0.382. The minimum Gasteiger partial charge on any atom is -0.355 e. The highest BCUT2D eigenvalue weighted by Gasteiger charge is 2.32. The smallest absolute Gasteiger partial charge is 0.220 e. The third-order valence-electron chi connectivity index (χ3n) is 8.27. The monoisotopic (exact) mass is 509 g/mol. The number of nitrogens with two attached hydrogens (primary N) is 1. The predicted molar refractivity (Wildman–Crippen MR) is 151 cm³/mol. The largest absolute Gasteiger partial charge is 0.355 e. The van der Waals surface area contributed by atoms with Crippen LogP contribution in [0.15, 0.2) is 0 Å². The van der Waals surface area contributed by atoms with Gasteiger partial charge in [-0.1, -0.05) is 89.9 Å². The van der Waals surface area contributed by atoms with Gasteiger partial charge in [0.1, 0.15) is 0 Å². The number of hydrogen-bond donors (Lipinski definition) is 3. The average Bonchev–Trinajstić information content (AvgIpc) is 2.86. The molecule has 0 radical (unpaired) electrons. The van der Waals surface area contributed by atoms with Crippen molar-refractivity contribution in [3.05, 3.63) is 0 Å². The molecule has 0 spiro atoms. The normalized spacial score (nSPS) is 22.1. The van der Waals surface area contributed by atoms with Crippen LogP contribution in [-0.2, 0) is 9.59 Å². The molecular formula is C29H55N3O2S. The molecule has 4 N–H and O–H groups in total. The maximum absolute atomic E-state index is 12.7. The average molecular weight is 510 g/mol. The zero-order valence-corrected chi connectivity index (χ0v) is 23.5. The summed E-state index contributed by atoms with van der Waals surface area (Å²) in [6.45, 7) is 3.27. The number of carbonyl (C=O) groups excluding carboxylic acids is 2. The fourth-order valence-electron chi connectivity index (χ4n) is 5.85. The molecule has 2 aliphatic rings.